The molecule has 4 heteroatoms. The van der Waals surface area contributed by atoms with E-state index in [9.17, 15) is 0 Å². The van der Waals surface area contributed by atoms with Gasteiger partial charge in [-0.15, -0.1) is 0 Å². The highest BCUT2D eigenvalue weighted by Gasteiger charge is 2.06. The van der Waals surface area contributed by atoms with Crippen LogP contribution in [0.4, 0.5) is 0 Å². The number of H-pyrrole nitrogens is 1. The molecule has 0 saturated heterocycles. The van der Waals surface area contributed by atoms with Crippen molar-refractivity contribution in [2.45, 2.75) is 0 Å². The molecule has 0 saturated carbocycles. The van der Waals surface area contributed by atoms with Gasteiger partial charge in [0.2, 0.25) is 0 Å². The molecular formula is C12H10ClNOS. The molecule has 82 valence electrons. The third kappa shape index (κ3) is 2.26. The predicted molar refractivity (Wildman–Crippen MR) is 68.6 cm³/mol. The molecule has 0 amide bonds. The molecule has 2 nitrogen and oxygen atoms in total. The van der Waals surface area contributed by atoms with E-state index in [0.717, 1.165) is 17.0 Å². The Morgan fingerprint density at radius 2 is 2.06 bits per heavy atom. The summed E-state index contributed by atoms with van der Waals surface area (Å²) in [4.78, 5) is 3.10. The number of ether oxygens (including phenoxy) is 1. The van der Waals surface area contributed by atoms with Gasteiger partial charge in [0.1, 0.15) is 10.4 Å². The second kappa shape index (κ2) is 4.68. The number of aromatic amines is 1. The first-order valence-corrected chi connectivity index (χ1v) is 5.52. The summed E-state index contributed by atoms with van der Waals surface area (Å²) in [5, 5.41) is 0.666. The summed E-state index contributed by atoms with van der Waals surface area (Å²) < 4.78 is 5.96. The van der Waals surface area contributed by atoms with E-state index >= 15 is 0 Å². The van der Waals surface area contributed by atoms with Crippen LogP contribution in [0.3, 0.4) is 0 Å². The number of hydrogen-bond acceptors (Lipinski definition) is 2. The Bertz CT molecular complexity index is 565. The Labute approximate surface area is 104 Å². The molecule has 0 fully saturated rings. The summed E-state index contributed by atoms with van der Waals surface area (Å²) in [6.07, 6.45) is 0. The highest BCUT2D eigenvalue weighted by Crippen LogP contribution is 2.30. The SMILES string of the molecule is COc1ccc(Cl)cc1-c1cccc(=S)[nH]1. The molecule has 2 aromatic rings. The van der Waals surface area contributed by atoms with Gasteiger partial charge in [-0.2, -0.15) is 0 Å². The van der Waals surface area contributed by atoms with Gasteiger partial charge >= 0.3 is 0 Å². The fourth-order valence-electron chi connectivity index (χ4n) is 1.50. The highest BCUT2D eigenvalue weighted by molar-refractivity contribution is 7.71. The Balaban J connectivity index is 2.62. The van der Waals surface area contributed by atoms with Crippen LogP contribution < -0.4 is 4.74 Å². The Morgan fingerprint density at radius 1 is 1.25 bits per heavy atom. The molecule has 1 aromatic carbocycles. The average Bonchev–Trinajstić information content (AvgIpc) is 2.29. The third-order valence-corrected chi connectivity index (χ3v) is 2.69. The lowest BCUT2D eigenvalue weighted by atomic mass is 10.1. The van der Waals surface area contributed by atoms with E-state index in [-0.39, 0.29) is 0 Å². The van der Waals surface area contributed by atoms with Crippen molar-refractivity contribution in [3.8, 4) is 17.0 Å². The minimum absolute atomic E-state index is 0.666. The molecule has 0 aliphatic rings. The minimum Gasteiger partial charge on any atom is -0.496 e. The first-order valence-electron chi connectivity index (χ1n) is 4.74. The summed E-state index contributed by atoms with van der Waals surface area (Å²) in [5.41, 5.74) is 1.80. The molecule has 0 bridgehead atoms. The fourth-order valence-corrected chi connectivity index (χ4v) is 1.86. The molecule has 0 unspecified atom stereocenters. The summed E-state index contributed by atoms with van der Waals surface area (Å²) in [6.45, 7) is 0. The maximum absolute atomic E-state index is 5.97. The van der Waals surface area contributed by atoms with Crippen LogP contribution in [-0.2, 0) is 0 Å². The van der Waals surface area contributed by atoms with Crippen LogP contribution >= 0.6 is 23.8 Å². The molecule has 1 heterocycles. The second-order valence-electron chi connectivity index (χ2n) is 3.27. The number of aromatic nitrogens is 1. The molecule has 2 rings (SSSR count). The van der Waals surface area contributed by atoms with E-state index in [2.05, 4.69) is 4.98 Å². The molecule has 0 aliphatic heterocycles. The Morgan fingerprint density at radius 3 is 2.75 bits per heavy atom. The zero-order valence-corrected chi connectivity index (χ0v) is 10.2. The van der Waals surface area contributed by atoms with E-state index in [1.54, 1.807) is 13.2 Å². The van der Waals surface area contributed by atoms with Crippen molar-refractivity contribution in [3.63, 3.8) is 0 Å². The monoisotopic (exact) mass is 251 g/mol. The van der Waals surface area contributed by atoms with Crippen LogP contribution in [0.25, 0.3) is 11.3 Å². The van der Waals surface area contributed by atoms with E-state index in [1.807, 2.05) is 30.3 Å². The van der Waals surface area contributed by atoms with Crippen molar-refractivity contribution < 1.29 is 4.74 Å². The number of halogens is 1. The first kappa shape index (κ1) is 11.2. The Hall–Kier alpha value is -1.32. The van der Waals surface area contributed by atoms with E-state index in [0.29, 0.717) is 9.66 Å². The minimum atomic E-state index is 0.666. The first-order chi connectivity index (χ1) is 7.70. The van der Waals surface area contributed by atoms with Gasteiger partial charge in [0.25, 0.3) is 0 Å². The van der Waals surface area contributed by atoms with Crippen LogP contribution in [-0.4, -0.2) is 12.1 Å². The number of rotatable bonds is 2. The number of nitrogens with one attached hydrogen (secondary N) is 1. The third-order valence-electron chi connectivity index (χ3n) is 2.22. The molecule has 0 spiro atoms. The smallest absolute Gasteiger partial charge is 0.128 e. The topological polar surface area (TPSA) is 25.0 Å². The molecule has 0 aliphatic carbocycles. The number of hydrogen-bond donors (Lipinski definition) is 1. The van der Waals surface area contributed by atoms with E-state index in [4.69, 9.17) is 28.6 Å². The molecule has 0 radical (unpaired) electrons. The zero-order chi connectivity index (χ0) is 11.5. The molecule has 0 atom stereocenters. The van der Waals surface area contributed by atoms with Crippen molar-refractivity contribution in [1.29, 1.82) is 0 Å². The van der Waals surface area contributed by atoms with Crippen molar-refractivity contribution in [1.82, 2.24) is 4.98 Å². The van der Waals surface area contributed by atoms with Crippen LogP contribution in [0.5, 0.6) is 5.75 Å². The Kier molecular flexibility index (Phi) is 3.27. The number of pyridine rings is 1. The van der Waals surface area contributed by atoms with Crippen LogP contribution in [0.1, 0.15) is 0 Å². The van der Waals surface area contributed by atoms with Gasteiger partial charge in [0.15, 0.2) is 0 Å². The molecule has 1 N–H and O–H groups in total. The number of benzene rings is 1. The standard InChI is InChI=1S/C12H10ClNOS/c1-15-11-6-5-8(13)7-9(11)10-3-2-4-12(16)14-10/h2-7H,1H3,(H,14,16). The molecule has 16 heavy (non-hydrogen) atoms. The van der Waals surface area contributed by atoms with Crippen molar-refractivity contribution >= 4 is 23.8 Å². The van der Waals surface area contributed by atoms with Crippen molar-refractivity contribution in [2.75, 3.05) is 7.11 Å². The van der Waals surface area contributed by atoms with Gasteiger partial charge < -0.3 is 9.72 Å². The van der Waals surface area contributed by atoms with Gasteiger partial charge in [-0.1, -0.05) is 29.9 Å². The van der Waals surface area contributed by atoms with Gasteiger partial charge in [-0.3, -0.25) is 0 Å². The van der Waals surface area contributed by atoms with E-state index in [1.165, 1.54) is 0 Å². The largest absolute Gasteiger partial charge is 0.496 e. The predicted octanol–water partition coefficient (Wildman–Crippen LogP) is 4.07. The van der Waals surface area contributed by atoms with Crippen molar-refractivity contribution in [2.24, 2.45) is 0 Å². The fraction of sp³-hybridized carbons (Fsp3) is 0.0833. The lowest BCUT2D eigenvalue weighted by molar-refractivity contribution is 0.416. The van der Waals surface area contributed by atoms with Crippen LogP contribution in [0, 0.1) is 4.64 Å². The summed E-state index contributed by atoms with van der Waals surface area (Å²) in [7, 11) is 1.63. The summed E-state index contributed by atoms with van der Waals surface area (Å²) >= 11 is 11.1. The lowest BCUT2D eigenvalue weighted by Crippen LogP contribution is -1.90. The highest BCUT2D eigenvalue weighted by atomic mass is 35.5. The lowest BCUT2D eigenvalue weighted by Gasteiger charge is -2.08. The van der Waals surface area contributed by atoms with Crippen LogP contribution in [0.2, 0.25) is 5.02 Å². The second-order valence-corrected chi connectivity index (χ2v) is 4.15. The van der Waals surface area contributed by atoms with Gasteiger partial charge in [0, 0.05) is 10.6 Å². The quantitative estimate of drug-likeness (QED) is 0.814. The van der Waals surface area contributed by atoms with Crippen LogP contribution in [0.15, 0.2) is 36.4 Å². The maximum atomic E-state index is 5.97. The number of methoxy groups -OCH3 is 1. The summed E-state index contributed by atoms with van der Waals surface area (Å²) in [5.74, 6) is 0.765. The van der Waals surface area contributed by atoms with Crippen molar-refractivity contribution in [3.05, 3.63) is 46.1 Å². The maximum Gasteiger partial charge on any atom is 0.128 e. The van der Waals surface area contributed by atoms with Gasteiger partial charge in [0.05, 0.1) is 12.8 Å². The van der Waals surface area contributed by atoms with E-state index < -0.39 is 0 Å². The normalized spacial score (nSPS) is 10.1. The summed E-state index contributed by atoms with van der Waals surface area (Å²) in [6, 6.07) is 11.1. The average molecular weight is 252 g/mol. The molecule has 1 aromatic heterocycles. The zero-order valence-electron chi connectivity index (χ0n) is 8.66. The molecular weight excluding hydrogens is 242 g/mol. The van der Waals surface area contributed by atoms with Gasteiger partial charge in [-0.25, -0.2) is 0 Å². The van der Waals surface area contributed by atoms with Gasteiger partial charge in [-0.05, 0) is 30.3 Å².